The summed E-state index contributed by atoms with van der Waals surface area (Å²) in [5.41, 5.74) is 0. The minimum atomic E-state index is -3.73. The van der Waals surface area contributed by atoms with E-state index in [0.29, 0.717) is 6.42 Å². The number of sulfone groups is 1. The van der Waals surface area contributed by atoms with Crippen molar-refractivity contribution in [3.63, 3.8) is 0 Å². The minimum absolute atomic E-state index is 0. The van der Waals surface area contributed by atoms with Gasteiger partial charge in [0.05, 0.1) is 11.5 Å². The van der Waals surface area contributed by atoms with Gasteiger partial charge in [0.1, 0.15) is 0 Å². The van der Waals surface area contributed by atoms with Gasteiger partial charge < -0.3 is 4.74 Å². The Kier molecular flexibility index (Phi) is 5.37. The summed E-state index contributed by atoms with van der Waals surface area (Å²) >= 11 is 0. The molecule has 0 saturated carbocycles. The first-order chi connectivity index (χ1) is 10.5. The van der Waals surface area contributed by atoms with Crippen LogP contribution >= 0.6 is 13.5 Å². The van der Waals surface area contributed by atoms with E-state index in [0.717, 1.165) is 17.2 Å². The number of hydrogen-bond acceptors (Lipinski definition) is 4. The van der Waals surface area contributed by atoms with Crippen LogP contribution in [0.5, 0.6) is 0 Å². The van der Waals surface area contributed by atoms with Crippen molar-refractivity contribution in [1.29, 1.82) is 0 Å². The van der Waals surface area contributed by atoms with Crippen LogP contribution in [0.3, 0.4) is 0 Å². The van der Waals surface area contributed by atoms with E-state index in [1.54, 1.807) is 18.2 Å². The lowest BCUT2D eigenvalue weighted by atomic mass is 10.0. The van der Waals surface area contributed by atoms with Crippen molar-refractivity contribution in [2.24, 2.45) is 5.92 Å². The SMILES string of the molecule is CCC[C@H]1COC(=O)C1S(=O)(=O)c1ccc2ccccc2c1.S. The van der Waals surface area contributed by atoms with Crippen LogP contribution in [0.25, 0.3) is 10.8 Å². The highest BCUT2D eigenvalue weighted by molar-refractivity contribution is 7.92. The Morgan fingerprint density at radius 2 is 1.83 bits per heavy atom. The van der Waals surface area contributed by atoms with Crippen molar-refractivity contribution in [3.8, 4) is 0 Å². The molecule has 1 saturated heterocycles. The quantitative estimate of drug-likeness (QED) is 0.794. The van der Waals surface area contributed by atoms with Crippen LogP contribution in [0.1, 0.15) is 19.8 Å². The Labute approximate surface area is 143 Å². The van der Waals surface area contributed by atoms with E-state index < -0.39 is 21.1 Å². The van der Waals surface area contributed by atoms with E-state index in [1.807, 2.05) is 31.2 Å². The number of ether oxygens (including phenoxy) is 1. The topological polar surface area (TPSA) is 60.4 Å². The van der Waals surface area contributed by atoms with Gasteiger partial charge in [0.2, 0.25) is 0 Å². The zero-order chi connectivity index (χ0) is 15.7. The molecule has 2 atom stereocenters. The minimum Gasteiger partial charge on any atom is -0.464 e. The monoisotopic (exact) mass is 352 g/mol. The number of hydrogen-bond donors (Lipinski definition) is 0. The fourth-order valence-corrected chi connectivity index (χ4v) is 4.91. The second kappa shape index (κ2) is 6.93. The highest BCUT2D eigenvalue weighted by Crippen LogP contribution is 2.31. The molecule has 1 aliphatic rings. The molecule has 1 fully saturated rings. The normalized spacial score (nSPS) is 21.0. The number of cyclic esters (lactones) is 1. The fraction of sp³-hybridized carbons (Fsp3) is 0.353. The maximum atomic E-state index is 12.9. The smallest absolute Gasteiger partial charge is 0.325 e. The molecule has 23 heavy (non-hydrogen) atoms. The highest BCUT2D eigenvalue weighted by Gasteiger charge is 2.46. The third-order valence-corrected chi connectivity index (χ3v) is 6.30. The summed E-state index contributed by atoms with van der Waals surface area (Å²) in [6.07, 6.45) is 1.49. The molecule has 1 unspecified atom stereocenters. The number of carbonyl (C=O) groups is 1. The van der Waals surface area contributed by atoms with Crippen LogP contribution in [0.4, 0.5) is 0 Å². The number of fused-ring (bicyclic) bond motifs is 1. The molecule has 4 nitrogen and oxygen atoms in total. The van der Waals surface area contributed by atoms with Gasteiger partial charge in [0.25, 0.3) is 0 Å². The van der Waals surface area contributed by atoms with Gasteiger partial charge in [-0.3, -0.25) is 4.79 Å². The molecule has 3 rings (SSSR count). The first kappa shape index (κ1) is 17.8. The second-order valence-corrected chi connectivity index (χ2v) is 7.72. The summed E-state index contributed by atoms with van der Waals surface area (Å²) in [5.74, 6) is -0.874. The Bertz CT molecular complexity index is 814. The van der Waals surface area contributed by atoms with Gasteiger partial charge in [-0.1, -0.05) is 43.7 Å². The van der Waals surface area contributed by atoms with E-state index in [2.05, 4.69) is 0 Å². The third kappa shape index (κ3) is 3.23. The molecule has 124 valence electrons. The summed E-state index contributed by atoms with van der Waals surface area (Å²) < 4.78 is 30.8. The lowest BCUT2D eigenvalue weighted by molar-refractivity contribution is -0.137. The van der Waals surface area contributed by atoms with E-state index in [4.69, 9.17) is 4.74 Å². The Morgan fingerprint density at radius 1 is 1.13 bits per heavy atom. The molecule has 1 aliphatic heterocycles. The molecule has 2 aromatic rings. The summed E-state index contributed by atoms with van der Waals surface area (Å²) in [6.45, 7) is 2.17. The summed E-state index contributed by atoms with van der Waals surface area (Å²) in [4.78, 5) is 12.1. The highest BCUT2D eigenvalue weighted by atomic mass is 32.2. The maximum absolute atomic E-state index is 12.9. The molecule has 0 aromatic heterocycles. The van der Waals surface area contributed by atoms with Crippen molar-refractivity contribution < 1.29 is 17.9 Å². The Morgan fingerprint density at radius 3 is 2.52 bits per heavy atom. The number of carbonyl (C=O) groups excluding carboxylic acids is 1. The largest absolute Gasteiger partial charge is 0.464 e. The van der Waals surface area contributed by atoms with Gasteiger partial charge in [-0.2, -0.15) is 13.5 Å². The third-order valence-electron chi connectivity index (χ3n) is 4.14. The van der Waals surface area contributed by atoms with Gasteiger partial charge in [-0.05, 0) is 29.3 Å². The lowest BCUT2D eigenvalue weighted by Crippen LogP contribution is -2.32. The zero-order valence-corrected chi connectivity index (χ0v) is 14.7. The first-order valence-corrected chi connectivity index (χ1v) is 8.98. The molecule has 0 aliphatic carbocycles. The van der Waals surface area contributed by atoms with E-state index in [-0.39, 0.29) is 30.9 Å². The number of benzene rings is 2. The van der Waals surface area contributed by atoms with Gasteiger partial charge in [0, 0.05) is 5.92 Å². The fourth-order valence-electron chi connectivity index (χ4n) is 3.03. The molecule has 0 radical (unpaired) electrons. The molecule has 0 N–H and O–H groups in total. The molecule has 1 heterocycles. The van der Waals surface area contributed by atoms with Crippen molar-refractivity contribution in [3.05, 3.63) is 42.5 Å². The molecular weight excluding hydrogens is 332 g/mol. The lowest BCUT2D eigenvalue weighted by Gasteiger charge is -2.15. The molecule has 6 heteroatoms. The van der Waals surface area contributed by atoms with E-state index in [1.165, 1.54) is 0 Å². The molecule has 0 spiro atoms. The predicted molar refractivity (Wildman–Crippen MR) is 94.7 cm³/mol. The van der Waals surface area contributed by atoms with Crippen molar-refractivity contribution >= 4 is 40.1 Å². The van der Waals surface area contributed by atoms with E-state index >= 15 is 0 Å². The Hall–Kier alpha value is -1.53. The maximum Gasteiger partial charge on any atom is 0.325 e. The van der Waals surface area contributed by atoms with Gasteiger partial charge in [-0.25, -0.2) is 8.42 Å². The van der Waals surface area contributed by atoms with Crippen molar-refractivity contribution in [2.75, 3.05) is 6.61 Å². The molecule has 0 amide bonds. The van der Waals surface area contributed by atoms with Crippen molar-refractivity contribution in [2.45, 2.75) is 29.9 Å². The van der Waals surface area contributed by atoms with Gasteiger partial charge in [-0.15, -0.1) is 0 Å². The summed E-state index contributed by atoms with van der Waals surface area (Å²) in [5, 5.41) is 0.746. The van der Waals surface area contributed by atoms with E-state index in [9.17, 15) is 13.2 Å². The van der Waals surface area contributed by atoms with Crippen LogP contribution in [0, 0.1) is 5.92 Å². The predicted octanol–water partition coefficient (Wildman–Crippen LogP) is 3.07. The van der Waals surface area contributed by atoms with Crippen LogP contribution in [0.2, 0.25) is 0 Å². The van der Waals surface area contributed by atoms with Crippen LogP contribution in [-0.2, 0) is 19.4 Å². The first-order valence-electron chi connectivity index (χ1n) is 7.43. The van der Waals surface area contributed by atoms with Gasteiger partial charge >= 0.3 is 5.97 Å². The summed E-state index contributed by atoms with van der Waals surface area (Å²) in [6, 6.07) is 12.5. The van der Waals surface area contributed by atoms with Crippen LogP contribution in [-0.4, -0.2) is 26.2 Å². The standard InChI is InChI=1S/C17H18O4S.H2S/c1-2-5-14-11-21-17(18)16(14)22(19,20)15-9-8-12-6-3-4-7-13(12)10-15;/h3-4,6-10,14,16H,2,5,11H2,1H3;1H2/t14-,16?;/m0./s1. The van der Waals surface area contributed by atoms with Gasteiger partial charge in [0.15, 0.2) is 15.1 Å². The molecular formula is C17H20O4S2. The number of esters is 1. The van der Waals surface area contributed by atoms with Crippen LogP contribution < -0.4 is 0 Å². The molecule has 2 aromatic carbocycles. The Balaban J connectivity index is 0.00000192. The number of rotatable bonds is 4. The summed E-state index contributed by atoms with van der Waals surface area (Å²) in [7, 11) is -3.73. The van der Waals surface area contributed by atoms with Crippen LogP contribution in [0.15, 0.2) is 47.4 Å². The second-order valence-electron chi connectivity index (χ2n) is 5.65. The average Bonchev–Trinajstić information content (AvgIpc) is 2.88. The van der Waals surface area contributed by atoms with Crippen molar-refractivity contribution in [1.82, 2.24) is 0 Å². The average molecular weight is 352 g/mol. The molecule has 0 bridgehead atoms. The zero-order valence-electron chi connectivity index (χ0n) is 12.9.